The van der Waals surface area contributed by atoms with Gasteiger partial charge in [0.25, 0.3) is 0 Å². The molecule has 0 aliphatic carbocycles. The summed E-state index contributed by atoms with van der Waals surface area (Å²) in [7, 11) is 0. The van der Waals surface area contributed by atoms with Crippen molar-refractivity contribution >= 4 is 22.6 Å². The van der Waals surface area contributed by atoms with Crippen LogP contribution in [0.15, 0.2) is 36.4 Å². The smallest absolute Gasteiger partial charge is 0.406 e. The fourth-order valence-electron chi connectivity index (χ4n) is 1.97. The van der Waals surface area contributed by atoms with E-state index in [1.807, 2.05) is 19.9 Å². The molecule has 5 heteroatoms. The van der Waals surface area contributed by atoms with E-state index in [-0.39, 0.29) is 5.75 Å². The van der Waals surface area contributed by atoms with E-state index in [0.29, 0.717) is 0 Å². The third kappa shape index (κ3) is 3.65. The standard InChI is InChI=1S/C15H12F3IO/c1-9-7-10(2)14(19)8-13(9)11-3-5-12(6-4-11)20-15(16,17)18/h3-8H,1-2H3. The van der Waals surface area contributed by atoms with Gasteiger partial charge in [0.15, 0.2) is 0 Å². The third-order valence-electron chi connectivity index (χ3n) is 2.90. The Labute approximate surface area is 128 Å². The number of rotatable bonds is 2. The maximum absolute atomic E-state index is 12.1. The lowest BCUT2D eigenvalue weighted by Gasteiger charge is -2.11. The minimum atomic E-state index is -4.66. The number of benzene rings is 2. The average molecular weight is 392 g/mol. The van der Waals surface area contributed by atoms with Gasteiger partial charge in [-0.1, -0.05) is 18.2 Å². The third-order valence-corrected chi connectivity index (χ3v) is 4.07. The van der Waals surface area contributed by atoms with Gasteiger partial charge in [0.2, 0.25) is 0 Å². The predicted molar refractivity (Wildman–Crippen MR) is 80.8 cm³/mol. The van der Waals surface area contributed by atoms with Crippen molar-refractivity contribution in [2.45, 2.75) is 20.2 Å². The van der Waals surface area contributed by atoms with Gasteiger partial charge in [-0.2, -0.15) is 0 Å². The predicted octanol–water partition coefficient (Wildman–Crippen LogP) is 5.47. The molecule has 2 aromatic carbocycles. The zero-order valence-corrected chi connectivity index (χ0v) is 13.0. The summed E-state index contributed by atoms with van der Waals surface area (Å²) in [4.78, 5) is 0. The molecule has 0 aliphatic heterocycles. The number of hydrogen-bond donors (Lipinski definition) is 0. The zero-order chi connectivity index (χ0) is 14.9. The molecule has 0 radical (unpaired) electrons. The molecule has 0 N–H and O–H groups in total. The summed E-state index contributed by atoms with van der Waals surface area (Å²) < 4.78 is 41.3. The largest absolute Gasteiger partial charge is 0.573 e. The van der Waals surface area contributed by atoms with Gasteiger partial charge in [-0.25, -0.2) is 0 Å². The Morgan fingerprint density at radius 2 is 1.55 bits per heavy atom. The number of ether oxygens (including phenoxy) is 1. The maximum atomic E-state index is 12.1. The van der Waals surface area contributed by atoms with Crippen molar-refractivity contribution < 1.29 is 17.9 Å². The van der Waals surface area contributed by atoms with Gasteiger partial charge in [0.1, 0.15) is 5.75 Å². The Kier molecular flexibility index (Phi) is 4.27. The summed E-state index contributed by atoms with van der Waals surface area (Å²) in [5.41, 5.74) is 4.16. The Balaban J connectivity index is 2.33. The SMILES string of the molecule is Cc1cc(C)c(-c2ccc(OC(F)(F)F)cc2)cc1I. The number of hydrogen-bond acceptors (Lipinski definition) is 1. The Bertz CT molecular complexity index is 618. The normalized spacial score (nSPS) is 11.5. The average Bonchev–Trinajstić information content (AvgIpc) is 2.33. The van der Waals surface area contributed by atoms with E-state index < -0.39 is 6.36 Å². The molecule has 0 amide bonds. The molecule has 2 rings (SSSR count). The summed E-state index contributed by atoms with van der Waals surface area (Å²) in [6, 6.07) is 10.0. The second-order valence-corrected chi connectivity index (χ2v) is 5.65. The second-order valence-electron chi connectivity index (χ2n) is 4.49. The molecule has 0 bridgehead atoms. The topological polar surface area (TPSA) is 9.23 Å². The summed E-state index contributed by atoms with van der Waals surface area (Å²) in [5, 5.41) is 0. The molecular weight excluding hydrogens is 380 g/mol. The molecule has 0 aromatic heterocycles. The van der Waals surface area contributed by atoms with Gasteiger partial charge < -0.3 is 4.74 Å². The Hall–Kier alpha value is -1.24. The highest BCUT2D eigenvalue weighted by molar-refractivity contribution is 14.1. The quantitative estimate of drug-likeness (QED) is 0.616. The fourth-order valence-corrected chi connectivity index (χ4v) is 2.44. The van der Waals surface area contributed by atoms with Crippen LogP contribution >= 0.6 is 22.6 Å². The minimum absolute atomic E-state index is 0.208. The molecule has 2 aromatic rings. The van der Waals surface area contributed by atoms with Crippen molar-refractivity contribution in [1.82, 2.24) is 0 Å². The fraction of sp³-hybridized carbons (Fsp3) is 0.200. The van der Waals surface area contributed by atoms with Gasteiger partial charge in [0, 0.05) is 3.57 Å². The van der Waals surface area contributed by atoms with Crippen LogP contribution in [-0.2, 0) is 0 Å². The van der Waals surface area contributed by atoms with Crippen molar-refractivity contribution in [2.24, 2.45) is 0 Å². The van der Waals surface area contributed by atoms with E-state index in [9.17, 15) is 13.2 Å². The van der Waals surface area contributed by atoms with Crippen LogP contribution in [0.25, 0.3) is 11.1 Å². The lowest BCUT2D eigenvalue weighted by atomic mass is 9.99. The Morgan fingerprint density at radius 1 is 0.950 bits per heavy atom. The van der Waals surface area contributed by atoms with Crippen LogP contribution < -0.4 is 4.74 Å². The number of halogens is 4. The summed E-state index contributed by atoms with van der Waals surface area (Å²) in [6.07, 6.45) is -4.66. The molecule has 20 heavy (non-hydrogen) atoms. The number of alkyl halides is 3. The molecule has 0 aliphatic rings. The van der Waals surface area contributed by atoms with Crippen LogP contribution in [0.3, 0.4) is 0 Å². The summed E-state index contributed by atoms with van der Waals surface area (Å²) in [5.74, 6) is -0.208. The second kappa shape index (κ2) is 5.63. The first-order chi connectivity index (χ1) is 9.26. The monoisotopic (exact) mass is 392 g/mol. The van der Waals surface area contributed by atoms with Crippen molar-refractivity contribution in [1.29, 1.82) is 0 Å². The molecule has 0 unspecified atom stereocenters. The molecule has 0 fully saturated rings. The van der Waals surface area contributed by atoms with Gasteiger partial charge in [-0.15, -0.1) is 13.2 Å². The molecule has 0 saturated carbocycles. The van der Waals surface area contributed by atoms with E-state index in [1.165, 1.54) is 17.7 Å². The van der Waals surface area contributed by atoms with E-state index >= 15 is 0 Å². The Morgan fingerprint density at radius 3 is 2.10 bits per heavy atom. The highest BCUT2D eigenvalue weighted by Gasteiger charge is 2.30. The van der Waals surface area contributed by atoms with Crippen LogP contribution in [0.2, 0.25) is 0 Å². The molecule has 0 spiro atoms. The minimum Gasteiger partial charge on any atom is -0.406 e. The number of aryl methyl sites for hydroxylation is 2. The van der Waals surface area contributed by atoms with E-state index in [4.69, 9.17) is 0 Å². The first-order valence-electron chi connectivity index (χ1n) is 5.89. The van der Waals surface area contributed by atoms with Gasteiger partial charge in [-0.05, 0) is 76.9 Å². The highest BCUT2D eigenvalue weighted by atomic mass is 127. The molecule has 0 saturated heterocycles. The van der Waals surface area contributed by atoms with Crippen LogP contribution in [0, 0.1) is 17.4 Å². The van der Waals surface area contributed by atoms with E-state index in [2.05, 4.69) is 33.4 Å². The molecular formula is C15H12F3IO. The summed E-state index contributed by atoms with van der Waals surface area (Å²) >= 11 is 2.24. The van der Waals surface area contributed by atoms with E-state index in [0.717, 1.165) is 20.3 Å². The lowest BCUT2D eigenvalue weighted by Crippen LogP contribution is -2.16. The van der Waals surface area contributed by atoms with Crippen LogP contribution in [-0.4, -0.2) is 6.36 Å². The van der Waals surface area contributed by atoms with Crippen molar-refractivity contribution in [2.75, 3.05) is 0 Å². The molecule has 0 heterocycles. The van der Waals surface area contributed by atoms with Crippen LogP contribution in [0.4, 0.5) is 13.2 Å². The van der Waals surface area contributed by atoms with Crippen molar-refractivity contribution in [3.05, 3.63) is 51.1 Å². The first kappa shape index (κ1) is 15.2. The van der Waals surface area contributed by atoms with E-state index in [1.54, 1.807) is 12.1 Å². The van der Waals surface area contributed by atoms with Gasteiger partial charge in [0.05, 0.1) is 0 Å². The highest BCUT2D eigenvalue weighted by Crippen LogP contribution is 2.30. The lowest BCUT2D eigenvalue weighted by molar-refractivity contribution is -0.274. The summed E-state index contributed by atoms with van der Waals surface area (Å²) in [6.45, 7) is 4.01. The zero-order valence-electron chi connectivity index (χ0n) is 10.9. The molecule has 1 nitrogen and oxygen atoms in total. The maximum Gasteiger partial charge on any atom is 0.573 e. The van der Waals surface area contributed by atoms with Gasteiger partial charge in [-0.3, -0.25) is 0 Å². The van der Waals surface area contributed by atoms with Gasteiger partial charge >= 0.3 is 6.36 Å². The first-order valence-corrected chi connectivity index (χ1v) is 6.97. The molecule has 106 valence electrons. The van der Waals surface area contributed by atoms with Crippen molar-refractivity contribution in [3.8, 4) is 16.9 Å². The van der Waals surface area contributed by atoms with Crippen LogP contribution in [0.5, 0.6) is 5.75 Å². The van der Waals surface area contributed by atoms with Crippen LogP contribution in [0.1, 0.15) is 11.1 Å². The van der Waals surface area contributed by atoms with Crippen molar-refractivity contribution in [3.63, 3.8) is 0 Å². The molecule has 0 atom stereocenters.